The summed E-state index contributed by atoms with van der Waals surface area (Å²) in [6.45, 7) is 4.57. The molecule has 0 amide bonds. The maximum atomic E-state index is 10.2. The van der Waals surface area contributed by atoms with E-state index in [1.807, 2.05) is 6.07 Å². The minimum atomic E-state index is -0.569. The van der Waals surface area contributed by atoms with Crippen molar-refractivity contribution in [1.29, 1.82) is 0 Å². The average molecular weight is 307 g/mol. The molecule has 0 aliphatic heterocycles. The number of hydrogen-bond donors (Lipinski definition) is 2. The predicted molar refractivity (Wildman–Crippen MR) is 71.5 cm³/mol. The zero-order valence-corrected chi connectivity index (χ0v) is 11.8. The van der Waals surface area contributed by atoms with Crippen LogP contribution in [0.25, 0.3) is 0 Å². The number of hydrogen-bond acceptors (Lipinski definition) is 2. The first-order valence-electron chi connectivity index (χ1n) is 5.29. The highest BCUT2D eigenvalue weighted by Gasteiger charge is 2.23. The fourth-order valence-electron chi connectivity index (χ4n) is 1.76. The Morgan fingerprint density at radius 3 is 2.44 bits per heavy atom. The molecule has 0 saturated carbocycles. The van der Waals surface area contributed by atoms with E-state index < -0.39 is 6.10 Å². The van der Waals surface area contributed by atoms with Crippen molar-refractivity contribution in [2.24, 2.45) is 17.6 Å². The highest BCUT2D eigenvalue weighted by atomic mass is 79.9. The quantitative estimate of drug-likeness (QED) is 0.896. The summed E-state index contributed by atoms with van der Waals surface area (Å²) >= 11 is 9.31. The predicted octanol–water partition coefficient (Wildman–Crippen LogP) is 3.37. The molecule has 2 unspecified atom stereocenters. The lowest BCUT2D eigenvalue weighted by Crippen LogP contribution is -2.26. The smallest absolute Gasteiger partial charge is 0.0833 e. The third-order valence-electron chi connectivity index (χ3n) is 2.76. The summed E-state index contributed by atoms with van der Waals surface area (Å²) in [7, 11) is 0. The molecule has 0 fully saturated rings. The number of halogens is 2. The Hall–Kier alpha value is -0.0900. The van der Waals surface area contributed by atoms with Crippen LogP contribution in [0.15, 0.2) is 22.7 Å². The number of aliphatic hydroxyl groups excluding tert-OH is 1. The lowest BCUT2D eigenvalue weighted by atomic mass is 9.87. The van der Waals surface area contributed by atoms with E-state index in [1.54, 1.807) is 12.1 Å². The largest absolute Gasteiger partial charge is 0.388 e. The molecule has 0 spiro atoms. The molecule has 0 radical (unpaired) electrons. The van der Waals surface area contributed by atoms with Crippen molar-refractivity contribution in [3.05, 3.63) is 33.3 Å². The van der Waals surface area contributed by atoms with Gasteiger partial charge in [0.05, 0.1) is 6.10 Å². The molecule has 16 heavy (non-hydrogen) atoms. The van der Waals surface area contributed by atoms with Crippen LogP contribution in [-0.2, 0) is 0 Å². The van der Waals surface area contributed by atoms with Crippen molar-refractivity contribution >= 4 is 27.5 Å². The Morgan fingerprint density at radius 2 is 2.00 bits per heavy atom. The Labute approximate surface area is 110 Å². The number of nitrogens with two attached hydrogens (primary N) is 1. The molecule has 1 aromatic carbocycles. The highest BCUT2D eigenvalue weighted by molar-refractivity contribution is 9.10. The molecule has 0 saturated heterocycles. The number of aliphatic hydroxyl groups is 1. The van der Waals surface area contributed by atoms with E-state index in [0.29, 0.717) is 17.5 Å². The van der Waals surface area contributed by atoms with Gasteiger partial charge in [-0.25, -0.2) is 0 Å². The molecule has 0 aliphatic rings. The van der Waals surface area contributed by atoms with E-state index in [1.165, 1.54) is 0 Å². The fraction of sp³-hybridized carbons (Fsp3) is 0.500. The lowest BCUT2D eigenvalue weighted by molar-refractivity contribution is 0.0860. The summed E-state index contributed by atoms with van der Waals surface area (Å²) < 4.78 is 0.869. The first kappa shape index (κ1) is 14.0. The van der Waals surface area contributed by atoms with Crippen LogP contribution >= 0.6 is 27.5 Å². The van der Waals surface area contributed by atoms with Crippen molar-refractivity contribution in [2.45, 2.75) is 20.0 Å². The average Bonchev–Trinajstić information content (AvgIpc) is 2.16. The van der Waals surface area contributed by atoms with Gasteiger partial charge >= 0.3 is 0 Å². The molecule has 0 aromatic heterocycles. The van der Waals surface area contributed by atoms with Gasteiger partial charge < -0.3 is 10.8 Å². The van der Waals surface area contributed by atoms with E-state index in [4.69, 9.17) is 17.3 Å². The van der Waals surface area contributed by atoms with Gasteiger partial charge in [0.1, 0.15) is 0 Å². The second-order valence-electron chi connectivity index (χ2n) is 4.29. The Balaban J connectivity index is 2.98. The van der Waals surface area contributed by atoms with Crippen molar-refractivity contribution < 1.29 is 5.11 Å². The molecular formula is C12H17BrClNO. The van der Waals surface area contributed by atoms with Crippen LogP contribution in [0.3, 0.4) is 0 Å². The lowest BCUT2D eigenvalue weighted by Gasteiger charge is -2.25. The first-order valence-corrected chi connectivity index (χ1v) is 6.47. The third kappa shape index (κ3) is 3.45. The molecule has 4 heteroatoms. The van der Waals surface area contributed by atoms with Gasteiger partial charge in [-0.3, -0.25) is 0 Å². The van der Waals surface area contributed by atoms with Gasteiger partial charge in [-0.2, -0.15) is 0 Å². The summed E-state index contributed by atoms with van der Waals surface area (Å²) in [4.78, 5) is 0. The topological polar surface area (TPSA) is 46.2 Å². The van der Waals surface area contributed by atoms with Gasteiger partial charge in [-0.15, -0.1) is 0 Å². The van der Waals surface area contributed by atoms with Crippen molar-refractivity contribution in [3.8, 4) is 0 Å². The monoisotopic (exact) mass is 305 g/mol. The van der Waals surface area contributed by atoms with E-state index in [-0.39, 0.29) is 5.92 Å². The minimum absolute atomic E-state index is 0.0466. The standard InChI is InChI=1S/C12H17BrClNO/c1-7(2)11(6-15)12(16)8-3-9(13)5-10(14)4-8/h3-5,7,11-12,16H,6,15H2,1-2H3. The maximum Gasteiger partial charge on any atom is 0.0833 e. The minimum Gasteiger partial charge on any atom is -0.388 e. The molecular weight excluding hydrogens is 289 g/mol. The molecule has 0 aliphatic carbocycles. The SMILES string of the molecule is CC(C)C(CN)C(O)c1cc(Cl)cc(Br)c1. The summed E-state index contributed by atoms with van der Waals surface area (Å²) in [6.07, 6.45) is -0.569. The van der Waals surface area contributed by atoms with Gasteiger partial charge in [0.15, 0.2) is 0 Å². The fourth-order valence-corrected chi connectivity index (χ4v) is 2.65. The summed E-state index contributed by atoms with van der Waals surface area (Å²) in [6, 6.07) is 5.45. The van der Waals surface area contributed by atoms with E-state index in [0.717, 1.165) is 10.0 Å². The van der Waals surface area contributed by atoms with Crippen LogP contribution in [0.1, 0.15) is 25.5 Å². The van der Waals surface area contributed by atoms with Crippen LogP contribution in [0.5, 0.6) is 0 Å². The summed E-state index contributed by atoms with van der Waals surface area (Å²) in [5.41, 5.74) is 6.49. The van der Waals surface area contributed by atoms with Gasteiger partial charge in [-0.05, 0) is 36.2 Å². The van der Waals surface area contributed by atoms with Crippen molar-refractivity contribution in [2.75, 3.05) is 6.54 Å². The van der Waals surface area contributed by atoms with Crippen LogP contribution in [0.2, 0.25) is 5.02 Å². The molecule has 0 heterocycles. The molecule has 0 bridgehead atoms. The Bertz CT molecular complexity index is 337. The second-order valence-corrected chi connectivity index (χ2v) is 5.64. The normalized spacial score (nSPS) is 15.2. The zero-order valence-electron chi connectivity index (χ0n) is 9.45. The van der Waals surface area contributed by atoms with Crippen LogP contribution in [0, 0.1) is 11.8 Å². The number of benzene rings is 1. The van der Waals surface area contributed by atoms with Crippen LogP contribution in [0.4, 0.5) is 0 Å². The molecule has 90 valence electrons. The molecule has 1 aromatic rings. The Morgan fingerprint density at radius 1 is 1.38 bits per heavy atom. The molecule has 2 nitrogen and oxygen atoms in total. The third-order valence-corrected chi connectivity index (χ3v) is 3.44. The van der Waals surface area contributed by atoms with Crippen molar-refractivity contribution in [3.63, 3.8) is 0 Å². The molecule has 3 N–H and O–H groups in total. The maximum absolute atomic E-state index is 10.2. The van der Waals surface area contributed by atoms with Gasteiger partial charge in [0.2, 0.25) is 0 Å². The molecule has 1 rings (SSSR count). The van der Waals surface area contributed by atoms with E-state index in [9.17, 15) is 5.11 Å². The summed E-state index contributed by atoms with van der Waals surface area (Å²) in [5, 5.41) is 10.9. The molecule has 2 atom stereocenters. The van der Waals surface area contributed by atoms with Gasteiger partial charge in [-0.1, -0.05) is 41.4 Å². The zero-order chi connectivity index (χ0) is 12.3. The van der Waals surface area contributed by atoms with E-state index >= 15 is 0 Å². The number of rotatable bonds is 4. The first-order chi connectivity index (χ1) is 7.45. The van der Waals surface area contributed by atoms with Gasteiger partial charge in [0, 0.05) is 15.4 Å². The van der Waals surface area contributed by atoms with Crippen LogP contribution < -0.4 is 5.73 Å². The van der Waals surface area contributed by atoms with Gasteiger partial charge in [0.25, 0.3) is 0 Å². The highest BCUT2D eigenvalue weighted by Crippen LogP contribution is 2.30. The van der Waals surface area contributed by atoms with E-state index in [2.05, 4.69) is 29.8 Å². The van der Waals surface area contributed by atoms with Crippen molar-refractivity contribution in [1.82, 2.24) is 0 Å². The second kappa shape index (κ2) is 6.01. The summed E-state index contributed by atoms with van der Waals surface area (Å²) in [5.74, 6) is 0.378. The van der Waals surface area contributed by atoms with Crippen LogP contribution in [-0.4, -0.2) is 11.7 Å². The Kier molecular flexibility index (Phi) is 5.25.